The molecule has 2 aromatic carbocycles. The molecule has 4 rings (SSSR count). The molecule has 0 saturated carbocycles. The first-order valence-corrected chi connectivity index (χ1v) is 7.30. The van der Waals surface area contributed by atoms with Crippen molar-refractivity contribution in [3.05, 3.63) is 71.4 Å². The fourth-order valence-corrected chi connectivity index (χ4v) is 2.71. The zero-order chi connectivity index (χ0) is 15.8. The normalized spacial score (nSPS) is 19.5. The first kappa shape index (κ1) is 13.6. The van der Waals surface area contributed by atoms with E-state index >= 15 is 0 Å². The maximum absolute atomic E-state index is 10.6. The van der Waals surface area contributed by atoms with E-state index in [4.69, 9.17) is 0 Å². The standard InChI is InChI=1S/C18H14N4O/c1-12-20-21-17(13-7-3-2-4-8-13)18(22(12)23)15-11-19-16-10-6-5-9-14(15)16/h2-11,23H,1H3/b18-15+. The van der Waals surface area contributed by atoms with Crippen molar-refractivity contribution in [2.45, 2.75) is 6.92 Å². The molecule has 2 aliphatic heterocycles. The number of allylic oxidation sites excluding steroid dienone is 2. The number of aliphatic imine (C=N–C) groups is 1. The molecule has 0 fully saturated rings. The lowest BCUT2D eigenvalue weighted by molar-refractivity contribution is 0.0283. The molecule has 0 unspecified atom stereocenters. The quantitative estimate of drug-likeness (QED) is 0.874. The first-order chi connectivity index (χ1) is 11.3. The van der Waals surface area contributed by atoms with E-state index in [0.717, 1.165) is 27.5 Å². The number of benzene rings is 2. The van der Waals surface area contributed by atoms with Crippen LogP contribution in [0.4, 0.5) is 5.69 Å². The number of rotatable bonds is 1. The van der Waals surface area contributed by atoms with Gasteiger partial charge in [0, 0.05) is 22.9 Å². The zero-order valence-electron chi connectivity index (χ0n) is 12.5. The van der Waals surface area contributed by atoms with Crippen molar-refractivity contribution >= 4 is 29.0 Å². The van der Waals surface area contributed by atoms with Crippen molar-refractivity contribution < 1.29 is 5.21 Å². The van der Waals surface area contributed by atoms with Crippen LogP contribution in [-0.4, -0.2) is 28.0 Å². The van der Waals surface area contributed by atoms with Crippen molar-refractivity contribution in [1.29, 1.82) is 0 Å². The summed E-state index contributed by atoms with van der Waals surface area (Å²) < 4.78 is 0. The number of nitrogens with zero attached hydrogens (tertiary/aromatic N) is 4. The third-order valence-electron chi connectivity index (χ3n) is 3.87. The molecule has 1 N–H and O–H groups in total. The predicted octanol–water partition coefficient (Wildman–Crippen LogP) is 3.64. The number of hydrogen-bond donors (Lipinski definition) is 1. The lowest BCUT2D eigenvalue weighted by Crippen LogP contribution is -2.33. The number of hydrogen-bond acceptors (Lipinski definition) is 5. The Kier molecular flexibility index (Phi) is 3.13. The minimum atomic E-state index is 0.421. The second-order valence-electron chi connectivity index (χ2n) is 5.31. The van der Waals surface area contributed by atoms with Crippen molar-refractivity contribution in [2.75, 3.05) is 0 Å². The molecule has 0 amide bonds. The Morgan fingerprint density at radius 3 is 2.48 bits per heavy atom. The Morgan fingerprint density at radius 2 is 1.65 bits per heavy atom. The lowest BCUT2D eigenvalue weighted by Gasteiger charge is -2.25. The molecule has 0 radical (unpaired) electrons. The maximum Gasteiger partial charge on any atom is 0.154 e. The Morgan fingerprint density at radius 1 is 0.913 bits per heavy atom. The molecule has 0 atom stereocenters. The SMILES string of the molecule is CC1=NN=C(c2ccccc2)/C(=C2/C=Nc3ccccc32)N1O. The van der Waals surface area contributed by atoms with Crippen LogP contribution in [0.25, 0.3) is 5.57 Å². The van der Waals surface area contributed by atoms with Crippen LogP contribution in [0.3, 0.4) is 0 Å². The molecule has 0 aromatic heterocycles. The van der Waals surface area contributed by atoms with E-state index in [1.165, 1.54) is 0 Å². The van der Waals surface area contributed by atoms with Gasteiger partial charge in [-0.25, -0.2) is 5.06 Å². The second-order valence-corrected chi connectivity index (χ2v) is 5.31. The zero-order valence-corrected chi connectivity index (χ0v) is 12.5. The minimum Gasteiger partial charge on any atom is -0.282 e. The molecule has 2 aromatic rings. The number of hydroxylamine groups is 2. The van der Waals surface area contributed by atoms with E-state index in [1.807, 2.05) is 54.6 Å². The molecule has 0 aliphatic carbocycles. The molecule has 23 heavy (non-hydrogen) atoms. The third-order valence-corrected chi connectivity index (χ3v) is 3.87. The molecule has 112 valence electrons. The molecule has 0 spiro atoms. The van der Waals surface area contributed by atoms with Gasteiger partial charge in [-0.3, -0.25) is 10.2 Å². The van der Waals surface area contributed by atoms with Gasteiger partial charge in [0.05, 0.1) is 5.69 Å². The van der Waals surface area contributed by atoms with Crippen LogP contribution >= 0.6 is 0 Å². The average molecular weight is 302 g/mol. The van der Waals surface area contributed by atoms with Crippen molar-refractivity contribution in [3.63, 3.8) is 0 Å². The number of fused-ring (bicyclic) bond motifs is 1. The van der Waals surface area contributed by atoms with E-state index in [0.29, 0.717) is 17.2 Å². The number of para-hydroxylation sites is 1. The van der Waals surface area contributed by atoms with Crippen LogP contribution in [0.2, 0.25) is 0 Å². The van der Waals surface area contributed by atoms with Crippen LogP contribution in [-0.2, 0) is 0 Å². The van der Waals surface area contributed by atoms with Gasteiger partial charge >= 0.3 is 0 Å². The van der Waals surface area contributed by atoms with Crippen molar-refractivity contribution in [2.24, 2.45) is 15.2 Å². The summed E-state index contributed by atoms with van der Waals surface area (Å²) in [6.07, 6.45) is 1.76. The van der Waals surface area contributed by atoms with Crippen LogP contribution in [0.15, 0.2) is 75.5 Å². The second kappa shape index (κ2) is 5.30. The van der Waals surface area contributed by atoms with Crippen LogP contribution in [0.5, 0.6) is 0 Å². The predicted molar refractivity (Wildman–Crippen MR) is 91.2 cm³/mol. The van der Waals surface area contributed by atoms with Crippen molar-refractivity contribution in [1.82, 2.24) is 5.06 Å². The summed E-state index contributed by atoms with van der Waals surface area (Å²) in [5, 5.41) is 20.0. The highest BCUT2D eigenvalue weighted by Crippen LogP contribution is 2.35. The van der Waals surface area contributed by atoms with Gasteiger partial charge in [-0.15, -0.1) is 10.2 Å². The molecule has 5 nitrogen and oxygen atoms in total. The van der Waals surface area contributed by atoms with Gasteiger partial charge in [0.1, 0.15) is 11.4 Å². The van der Waals surface area contributed by atoms with E-state index in [-0.39, 0.29) is 0 Å². The molecule has 0 bridgehead atoms. The summed E-state index contributed by atoms with van der Waals surface area (Å²) in [5.74, 6) is 0.421. The third kappa shape index (κ3) is 2.18. The summed E-state index contributed by atoms with van der Waals surface area (Å²) in [4.78, 5) is 4.43. The summed E-state index contributed by atoms with van der Waals surface area (Å²) in [6, 6.07) is 17.5. The van der Waals surface area contributed by atoms with Gasteiger partial charge < -0.3 is 0 Å². The lowest BCUT2D eigenvalue weighted by atomic mass is 9.98. The number of amidine groups is 1. The van der Waals surface area contributed by atoms with Gasteiger partial charge in [0.25, 0.3) is 0 Å². The van der Waals surface area contributed by atoms with Crippen molar-refractivity contribution in [3.8, 4) is 0 Å². The molecular weight excluding hydrogens is 288 g/mol. The van der Waals surface area contributed by atoms with Gasteiger partial charge in [0.15, 0.2) is 5.84 Å². The summed E-state index contributed by atoms with van der Waals surface area (Å²) in [7, 11) is 0. The highest BCUT2D eigenvalue weighted by Gasteiger charge is 2.28. The molecule has 5 heteroatoms. The average Bonchev–Trinajstić information content (AvgIpc) is 3.02. The smallest absolute Gasteiger partial charge is 0.154 e. The van der Waals surface area contributed by atoms with Crippen LogP contribution in [0, 0.1) is 0 Å². The van der Waals surface area contributed by atoms with Crippen LogP contribution in [0.1, 0.15) is 18.1 Å². The monoisotopic (exact) mass is 302 g/mol. The minimum absolute atomic E-state index is 0.421. The van der Waals surface area contributed by atoms with Gasteiger partial charge in [0.2, 0.25) is 0 Å². The molecule has 0 saturated heterocycles. The van der Waals surface area contributed by atoms with Gasteiger partial charge in [-0.1, -0.05) is 48.5 Å². The molecule has 2 heterocycles. The fourth-order valence-electron chi connectivity index (χ4n) is 2.71. The largest absolute Gasteiger partial charge is 0.282 e. The molecule has 2 aliphatic rings. The molecular formula is C18H14N4O. The Bertz CT molecular complexity index is 894. The van der Waals surface area contributed by atoms with Gasteiger partial charge in [-0.05, 0) is 13.0 Å². The highest BCUT2D eigenvalue weighted by atomic mass is 16.5. The fraction of sp³-hybridized carbons (Fsp3) is 0.0556. The Balaban J connectivity index is 1.96. The summed E-state index contributed by atoms with van der Waals surface area (Å²) in [6.45, 7) is 1.71. The Labute approximate surface area is 133 Å². The Hall–Kier alpha value is -3.05. The van der Waals surface area contributed by atoms with Gasteiger partial charge in [-0.2, -0.15) is 0 Å². The highest BCUT2D eigenvalue weighted by molar-refractivity contribution is 6.29. The summed E-state index contributed by atoms with van der Waals surface area (Å²) in [5.41, 5.74) is 4.80. The van der Waals surface area contributed by atoms with E-state index in [1.54, 1.807) is 13.1 Å². The van der Waals surface area contributed by atoms with E-state index in [9.17, 15) is 5.21 Å². The maximum atomic E-state index is 10.6. The van der Waals surface area contributed by atoms with E-state index < -0.39 is 0 Å². The van der Waals surface area contributed by atoms with Crippen LogP contribution < -0.4 is 0 Å². The van der Waals surface area contributed by atoms with E-state index in [2.05, 4.69) is 15.2 Å². The summed E-state index contributed by atoms with van der Waals surface area (Å²) >= 11 is 0. The first-order valence-electron chi connectivity index (χ1n) is 7.30. The topological polar surface area (TPSA) is 60.5 Å².